The number of carbonyl (C=O) groups is 3. The van der Waals surface area contributed by atoms with Crippen LogP contribution in [0.5, 0.6) is 0 Å². The molecule has 3 N–H and O–H groups in total. The zero-order valence-electron chi connectivity index (χ0n) is 18.5. The van der Waals surface area contributed by atoms with Crippen molar-refractivity contribution in [3.63, 3.8) is 0 Å². The van der Waals surface area contributed by atoms with E-state index in [-0.39, 0.29) is 17.9 Å². The van der Waals surface area contributed by atoms with Crippen LogP contribution in [0.25, 0.3) is 0 Å². The van der Waals surface area contributed by atoms with Gasteiger partial charge in [-0.3, -0.25) is 4.79 Å². The van der Waals surface area contributed by atoms with Crippen LogP contribution in [0.4, 0.5) is 10.5 Å². The maximum atomic E-state index is 13.1. The smallest absolute Gasteiger partial charge is 0.338 e. The monoisotopic (exact) mass is 427 g/mol. The predicted octanol–water partition coefficient (Wildman–Crippen LogP) is 4.57. The molecule has 1 heterocycles. The number of nitrogens with one attached hydrogen (secondary N) is 3. The summed E-state index contributed by atoms with van der Waals surface area (Å²) in [5, 5.41) is 8.46. The summed E-state index contributed by atoms with van der Waals surface area (Å²) in [6.07, 6.45) is 7.57. The van der Waals surface area contributed by atoms with Gasteiger partial charge >= 0.3 is 12.0 Å². The molecule has 0 aromatic heterocycles. The number of benzene rings is 1. The minimum absolute atomic E-state index is 0.0365. The lowest BCUT2D eigenvalue weighted by molar-refractivity contribution is -0.141. The molecule has 7 heteroatoms. The first-order chi connectivity index (χ1) is 15.0. The number of rotatable bonds is 8. The first kappa shape index (κ1) is 22.8. The van der Waals surface area contributed by atoms with Gasteiger partial charge in [-0.2, -0.15) is 0 Å². The Kier molecular flexibility index (Phi) is 8.09. The lowest BCUT2D eigenvalue weighted by atomic mass is 9.90. The topological polar surface area (TPSA) is 96.5 Å². The minimum atomic E-state index is -0.594. The van der Waals surface area contributed by atoms with Crippen LogP contribution in [-0.2, 0) is 14.3 Å². The van der Waals surface area contributed by atoms with E-state index < -0.39 is 6.04 Å². The second-order valence-electron chi connectivity index (χ2n) is 8.30. The summed E-state index contributed by atoms with van der Waals surface area (Å²) in [6, 6.07) is 6.27. The molecular formula is C24H33N3O4. The molecule has 1 aromatic rings. The molecule has 1 atom stereocenters. The molecule has 1 aliphatic carbocycles. The number of ether oxygens (including phenoxy) is 1. The van der Waals surface area contributed by atoms with Crippen molar-refractivity contribution >= 4 is 23.6 Å². The molecule has 1 aromatic carbocycles. The summed E-state index contributed by atoms with van der Waals surface area (Å²) >= 11 is 0. The van der Waals surface area contributed by atoms with Crippen LogP contribution < -0.4 is 16.0 Å². The van der Waals surface area contributed by atoms with Crippen molar-refractivity contribution in [2.45, 2.75) is 71.3 Å². The van der Waals surface area contributed by atoms with E-state index in [0.717, 1.165) is 24.8 Å². The molecule has 3 rings (SSSR count). The Morgan fingerprint density at radius 2 is 1.81 bits per heavy atom. The van der Waals surface area contributed by atoms with E-state index in [1.807, 2.05) is 26.0 Å². The normalized spacial score (nSPS) is 19.4. The van der Waals surface area contributed by atoms with E-state index in [0.29, 0.717) is 42.3 Å². The van der Waals surface area contributed by atoms with Gasteiger partial charge in [-0.1, -0.05) is 45.2 Å². The quantitative estimate of drug-likeness (QED) is 0.530. The minimum Gasteiger partial charge on any atom is -0.462 e. The highest BCUT2D eigenvalue weighted by atomic mass is 16.5. The zero-order valence-corrected chi connectivity index (χ0v) is 18.5. The summed E-state index contributed by atoms with van der Waals surface area (Å²) < 4.78 is 5.70. The van der Waals surface area contributed by atoms with Gasteiger partial charge in [0.05, 0.1) is 18.2 Å². The van der Waals surface area contributed by atoms with Crippen LogP contribution in [0.3, 0.4) is 0 Å². The molecule has 1 aliphatic heterocycles. The Hall–Kier alpha value is -2.83. The lowest BCUT2D eigenvalue weighted by Gasteiger charge is -2.30. The second-order valence-corrected chi connectivity index (χ2v) is 8.30. The number of urea groups is 1. The largest absolute Gasteiger partial charge is 0.462 e. The molecule has 1 unspecified atom stereocenters. The number of amides is 3. The van der Waals surface area contributed by atoms with Gasteiger partial charge in [-0.25, -0.2) is 9.59 Å². The summed E-state index contributed by atoms with van der Waals surface area (Å²) in [7, 11) is 0. The highest BCUT2D eigenvalue weighted by Crippen LogP contribution is 2.30. The van der Waals surface area contributed by atoms with Crippen LogP contribution in [0.2, 0.25) is 0 Å². The number of allylic oxidation sites excluding steroid dienone is 1. The van der Waals surface area contributed by atoms with E-state index in [2.05, 4.69) is 16.0 Å². The summed E-state index contributed by atoms with van der Waals surface area (Å²) in [6.45, 7) is 4.27. The van der Waals surface area contributed by atoms with Gasteiger partial charge in [0.2, 0.25) is 5.91 Å². The molecule has 0 bridgehead atoms. The molecule has 7 nitrogen and oxygen atoms in total. The van der Waals surface area contributed by atoms with Crippen molar-refractivity contribution in [3.8, 4) is 0 Å². The van der Waals surface area contributed by atoms with Gasteiger partial charge in [-0.05, 0) is 49.3 Å². The number of carbonyl (C=O) groups excluding carboxylic acids is 3. The van der Waals surface area contributed by atoms with E-state index in [1.54, 1.807) is 12.1 Å². The van der Waals surface area contributed by atoms with Crippen LogP contribution in [0, 0.1) is 5.92 Å². The van der Waals surface area contributed by atoms with Gasteiger partial charge < -0.3 is 20.7 Å². The van der Waals surface area contributed by atoms with Crippen LogP contribution in [-0.4, -0.2) is 24.5 Å². The molecule has 31 heavy (non-hydrogen) atoms. The van der Waals surface area contributed by atoms with Crippen LogP contribution in [0.15, 0.2) is 35.5 Å². The maximum absolute atomic E-state index is 13.1. The number of esters is 1. The third-order valence-corrected chi connectivity index (χ3v) is 5.91. The maximum Gasteiger partial charge on any atom is 0.338 e. The molecule has 2 aliphatic rings. The molecule has 1 fully saturated rings. The van der Waals surface area contributed by atoms with E-state index in [4.69, 9.17) is 4.74 Å². The highest BCUT2D eigenvalue weighted by Gasteiger charge is 2.33. The first-order valence-electron chi connectivity index (χ1n) is 11.4. The molecule has 168 valence electrons. The van der Waals surface area contributed by atoms with E-state index in [1.165, 1.54) is 19.3 Å². The molecule has 0 saturated heterocycles. The Balaban J connectivity index is 1.76. The number of hydrogen-bond donors (Lipinski definition) is 3. The molecule has 0 radical (unpaired) electrons. The third kappa shape index (κ3) is 6.09. The van der Waals surface area contributed by atoms with Gasteiger partial charge in [0.25, 0.3) is 0 Å². The summed E-state index contributed by atoms with van der Waals surface area (Å²) in [5.41, 5.74) is 2.48. The fraction of sp³-hybridized carbons (Fsp3) is 0.542. The van der Waals surface area contributed by atoms with Crippen molar-refractivity contribution < 1.29 is 19.1 Å². The average Bonchev–Trinajstić information content (AvgIpc) is 2.78. The Morgan fingerprint density at radius 3 is 2.45 bits per heavy atom. The fourth-order valence-electron chi connectivity index (χ4n) is 4.22. The Labute approximate surface area is 184 Å². The van der Waals surface area contributed by atoms with E-state index >= 15 is 0 Å². The second kappa shape index (κ2) is 11.0. The zero-order chi connectivity index (χ0) is 22.2. The van der Waals surface area contributed by atoms with E-state index in [9.17, 15) is 14.4 Å². The van der Waals surface area contributed by atoms with Crippen LogP contribution >= 0.6 is 0 Å². The summed E-state index contributed by atoms with van der Waals surface area (Å²) in [4.78, 5) is 37.1. The standard InChI is InChI=1S/C24H33N3O4/c1-3-8-20(28)25-18-13-11-17(12-14-18)22-21(19(4-2)26-24(30)27-22)23(29)31-15-16-9-6-5-7-10-16/h11-14,16,22H,3-10,15H2,1-2H3,(H,25,28)(H2,26,27,30). The number of hydrogen-bond acceptors (Lipinski definition) is 4. The number of anilines is 1. The molecule has 1 saturated carbocycles. The van der Waals surface area contributed by atoms with Crippen molar-refractivity contribution in [2.24, 2.45) is 5.92 Å². The van der Waals surface area contributed by atoms with Crippen molar-refractivity contribution in [1.29, 1.82) is 0 Å². The first-order valence-corrected chi connectivity index (χ1v) is 11.4. The molecular weight excluding hydrogens is 394 g/mol. The average molecular weight is 428 g/mol. The van der Waals surface area contributed by atoms with Gasteiger partial charge in [-0.15, -0.1) is 0 Å². The lowest BCUT2D eigenvalue weighted by Crippen LogP contribution is -2.46. The molecule has 3 amide bonds. The predicted molar refractivity (Wildman–Crippen MR) is 119 cm³/mol. The molecule has 0 spiro atoms. The van der Waals surface area contributed by atoms with Crippen molar-refractivity contribution in [2.75, 3.05) is 11.9 Å². The SMILES string of the molecule is CCCC(=O)Nc1ccc(C2NC(=O)NC(CC)=C2C(=O)OCC2CCCCC2)cc1. The van der Waals surface area contributed by atoms with Gasteiger partial charge in [0.15, 0.2) is 0 Å². The van der Waals surface area contributed by atoms with Gasteiger partial charge in [0.1, 0.15) is 0 Å². The Morgan fingerprint density at radius 1 is 1.10 bits per heavy atom. The third-order valence-electron chi connectivity index (χ3n) is 5.91. The summed E-state index contributed by atoms with van der Waals surface area (Å²) in [5.74, 6) is -0.00945. The van der Waals surface area contributed by atoms with Crippen LogP contribution in [0.1, 0.15) is 76.8 Å². The van der Waals surface area contributed by atoms with Crippen molar-refractivity contribution in [1.82, 2.24) is 10.6 Å². The Bertz CT molecular complexity index is 826. The van der Waals surface area contributed by atoms with Crippen molar-refractivity contribution in [3.05, 3.63) is 41.1 Å². The van der Waals surface area contributed by atoms with Gasteiger partial charge in [0, 0.05) is 17.8 Å². The fourth-order valence-corrected chi connectivity index (χ4v) is 4.22. The highest BCUT2D eigenvalue weighted by molar-refractivity contribution is 5.95.